The van der Waals surface area contributed by atoms with Crippen LogP contribution in [0.2, 0.25) is 0 Å². The van der Waals surface area contributed by atoms with Crippen LogP contribution in [-0.2, 0) is 24.5 Å². The molecule has 2 heterocycles. The van der Waals surface area contributed by atoms with Crippen molar-refractivity contribution in [1.82, 2.24) is 10.6 Å². The summed E-state index contributed by atoms with van der Waals surface area (Å²) in [6.45, 7) is 2.51. The van der Waals surface area contributed by atoms with E-state index in [2.05, 4.69) is 16.7 Å². The fourth-order valence-corrected chi connectivity index (χ4v) is 3.52. The van der Waals surface area contributed by atoms with Crippen LogP contribution >= 0.6 is 11.3 Å². The second-order valence-corrected chi connectivity index (χ2v) is 6.25. The Hall–Kier alpha value is -1.44. The molecule has 0 unspecified atom stereocenters. The molecule has 2 rings (SSSR count). The molecule has 0 atom stereocenters. The van der Waals surface area contributed by atoms with Gasteiger partial charge in [-0.05, 0) is 24.3 Å². The van der Waals surface area contributed by atoms with Crippen molar-refractivity contribution in [1.29, 1.82) is 0 Å². The Kier molecular flexibility index (Phi) is 6.35. The first-order chi connectivity index (χ1) is 10.7. The van der Waals surface area contributed by atoms with Gasteiger partial charge in [0.05, 0.1) is 6.61 Å². The summed E-state index contributed by atoms with van der Waals surface area (Å²) in [6.07, 6.45) is 1.69. The lowest BCUT2D eigenvalue weighted by atomic mass is 9.78. The average molecular weight is 326 g/mol. The number of hydrogen-bond donors (Lipinski definition) is 2. The summed E-state index contributed by atoms with van der Waals surface area (Å²) >= 11 is 1.68. The van der Waals surface area contributed by atoms with Crippen LogP contribution in [0.5, 0.6) is 0 Å². The quantitative estimate of drug-likeness (QED) is 0.595. The van der Waals surface area contributed by atoms with Crippen molar-refractivity contribution in [3.63, 3.8) is 0 Å². The molecule has 6 nitrogen and oxygen atoms in total. The van der Waals surface area contributed by atoms with Crippen molar-refractivity contribution in [2.45, 2.75) is 18.3 Å². The van der Waals surface area contributed by atoms with Crippen LogP contribution in [-0.4, -0.2) is 51.8 Å². The topological polar surface area (TPSA) is 76.7 Å². The Morgan fingerprint density at radius 1 is 1.32 bits per heavy atom. The lowest BCUT2D eigenvalue weighted by Crippen LogP contribution is -2.48. The van der Waals surface area contributed by atoms with Crippen LogP contribution in [0.15, 0.2) is 17.5 Å². The number of nitrogens with one attached hydrogen (secondary N) is 2. The highest BCUT2D eigenvalue weighted by Gasteiger charge is 2.36. The summed E-state index contributed by atoms with van der Waals surface area (Å²) in [4.78, 5) is 24.8. The maximum Gasteiger partial charge on any atom is 0.309 e. The molecular weight excluding hydrogens is 304 g/mol. The highest BCUT2D eigenvalue weighted by Crippen LogP contribution is 2.36. The highest BCUT2D eigenvalue weighted by atomic mass is 32.1. The Morgan fingerprint density at radius 2 is 2.05 bits per heavy atom. The van der Waals surface area contributed by atoms with E-state index >= 15 is 0 Å². The van der Waals surface area contributed by atoms with Crippen molar-refractivity contribution in [3.8, 4) is 0 Å². The van der Waals surface area contributed by atoms with Crippen molar-refractivity contribution in [3.05, 3.63) is 22.4 Å². The van der Waals surface area contributed by atoms with E-state index in [1.165, 1.54) is 4.88 Å². The van der Waals surface area contributed by atoms with Crippen LogP contribution in [0.25, 0.3) is 0 Å². The first-order valence-corrected chi connectivity index (χ1v) is 8.23. The summed E-state index contributed by atoms with van der Waals surface area (Å²) in [5.74, 6) is -1.22. The standard InChI is InChI=1S/C15H22N2O4S/c1-20-9-6-16-13(18)14(19)17-11-15(4-7-21-8-5-15)12-3-2-10-22-12/h2-3,10H,4-9,11H2,1H3,(H,16,18)(H,17,19). The molecule has 122 valence electrons. The summed E-state index contributed by atoms with van der Waals surface area (Å²) in [5.41, 5.74) is -0.130. The normalized spacial score (nSPS) is 17.0. The van der Waals surface area contributed by atoms with Gasteiger partial charge in [-0.3, -0.25) is 9.59 Å². The molecule has 0 radical (unpaired) electrons. The number of rotatable bonds is 6. The van der Waals surface area contributed by atoms with Gasteiger partial charge < -0.3 is 20.1 Å². The van der Waals surface area contributed by atoms with Gasteiger partial charge in [-0.25, -0.2) is 0 Å². The zero-order valence-electron chi connectivity index (χ0n) is 12.7. The van der Waals surface area contributed by atoms with E-state index in [1.807, 2.05) is 11.4 Å². The highest BCUT2D eigenvalue weighted by molar-refractivity contribution is 7.10. The minimum Gasteiger partial charge on any atom is -0.383 e. The van der Waals surface area contributed by atoms with E-state index in [-0.39, 0.29) is 5.41 Å². The number of ether oxygens (including phenoxy) is 2. The number of carbonyl (C=O) groups is 2. The van der Waals surface area contributed by atoms with Crippen LogP contribution in [0.1, 0.15) is 17.7 Å². The molecule has 7 heteroatoms. The zero-order valence-corrected chi connectivity index (χ0v) is 13.5. The number of methoxy groups -OCH3 is 1. The maximum absolute atomic E-state index is 11.9. The average Bonchev–Trinajstić information content (AvgIpc) is 3.09. The molecule has 2 N–H and O–H groups in total. The first-order valence-electron chi connectivity index (χ1n) is 7.35. The Morgan fingerprint density at radius 3 is 2.68 bits per heavy atom. The van der Waals surface area contributed by atoms with Gasteiger partial charge in [0.15, 0.2) is 0 Å². The van der Waals surface area contributed by atoms with Crippen molar-refractivity contribution in [2.24, 2.45) is 0 Å². The SMILES string of the molecule is COCCNC(=O)C(=O)NCC1(c2cccs2)CCOCC1. The first kappa shape index (κ1) is 16.9. The third-order valence-electron chi connectivity index (χ3n) is 3.88. The van der Waals surface area contributed by atoms with Gasteiger partial charge in [0.25, 0.3) is 0 Å². The summed E-state index contributed by atoms with van der Waals surface area (Å²) in [6, 6.07) is 4.09. The predicted molar refractivity (Wildman–Crippen MR) is 83.9 cm³/mol. The number of hydrogen-bond acceptors (Lipinski definition) is 5. The lowest BCUT2D eigenvalue weighted by Gasteiger charge is -2.36. The van der Waals surface area contributed by atoms with Gasteiger partial charge in [-0.2, -0.15) is 0 Å². The fraction of sp³-hybridized carbons (Fsp3) is 0.600. The Bertz CT molecular complexity index is 484. The second kappa shape index (κ2) is 8.26. The molecule has 22 heavy (non-hydrogen) atoms. The molecule has 0 saturated carbocycles. The van der Waals surface area contributed by atoms with Crippen molar-refractivity contribution < 1.29 is 19.1 Å². The monoisotopic (exact) mass is 326 g/mol. The predicted octanol–water partition coefficient (Wildman–Crippen LogP) is 0.675. The van der Waals surface area contributed by atoms with Gasteiger partial charge in [-0.1, -0.05) is 6.07 Å². The molecule has 1 aliphatic rings. The van der Waals surface area contributed by atoms with E-state index in [0.29, 0.717) is 32.9 Å². The van der Waals surface area contributed by atoms with Gasteiger partial charge in [-0.15, -0.1) is 11.3 Å². The van der Waals surface area contributed by atoms with Crippen molar-refractivity contribution in [2.75, 3.05) is 40.0 Å². The third kappa shape index (κ3) is 4.28. The minimum atomic E-state index is -0.620. The molecule has 2 amide bonds. The number of carbonyl (C=O) groups excluding carboxylic acids is 2. The van der Waals surface area contributed by atoms with Gasteiger partial charge in [0, 0.05) is 43.7 Å². The maximum atomic E-state index is 11.9. The molecule has 0 aromatic carbocycles. The molecule has 1 fully saturated rings. The second-order valence-electron chi connectivity index (χ2n) is 5.30. The molecule has 1 aromatic heterocycles. The van der Waals surface area contributed by atoms with Crippen LogP contribution in [0.3, 0.4) is 0 Å². The van der Waals surface area contributed by atoms with Gasteiger partial charge >= 0.3 is 11.8 Å². The molecule has 1 aromatic rings. The molecule has 1 aliphatic heterocycles. The largest absolute Gasteiger partial charge is 0.383 e. The smallest absolute Gasteiger partial charge is 0.309 e. The lowest BCUT2D eigenvalue weighted by molar-refractivity contribution is -0.139. The van der Waals surface area contributed by atoms with E-state index in [9.17, 15) is 9.59 Å². The molecule has 1 saturated heterocycles. The van der Waals surface area contributed by atoms with Gasteiger partial charge in [0.1, 0.15) is 0 Å². The van der Waals surface area contributed by atoms with E-state index in [0.717, 1.165) is 12.8 Å². The molecule has 0 aliphatic carbocycles. The third-order valence-corrected chi connectivity index (χ3v) is 5.00. The van der Waals surface area contributed by atoms with E-state index < -0.39 is 11.8 Å². The summed E-state index contributed by atoms with van der Waals surface area (Å²) < 4.78 is 10.3. The molecule has 0 bridgehead atoms. The van der Waals surface area contributed by atoms with E-state index in [1.54, 1.807) is 18.4 Å². The summed E-state index contributed by atoms with van der Waals surface area (Å²) in [5, 5.41) is 7.32. The Balaban J connectivity index is 1.91. The van der Waals surface area contributed by atoms with Crippen LogP contribution in [0.4, 0.5) is 0 Å². The number of amides is 2. The van der Waals surface area contributed by atoms with Crippen LogP contribution < -0.4 is 10.6 Å². The summed E-state index contributed by atoms with van der Waals surface area (Å²) in [7, 11) is 1.54. The van der Waals surface area contributed by atoms with Gasteiger partial charge in [0.2, 0.25) is 0 Å². The van der Waals surface area contributed by atoms with Crippen LogP contribution in [0, 0.1) is 0 Å². The zero-order chi connectivity index (χ0) is 15.8. The fourth-order valence-electron chi connectivity index (χ4n) is 2.53. The van der Waals surface area contributed by atoms with Crippen molar-refractivity contribution >= 4 is 23.2 Å². The Labute approximate surface area is 134 Å². The van der Waals surface area contributed by atoms with E-state index in [4.69, 9.17) is 9.47 Å². The number of thiophene rings is 1. The molecular formula is C15H22N2O4S. The molecule has 0 spiro atoms. The minimum absolute atomic E-state index is 0.130.